The van der Waals surface area contributed by atoms with Crippen molar-refractivity contribution in [3.63, 3.8) is 0 Å². The molecule has 5 nitrogen and oxygen atoms in total. The van der Waals surface area contributed by atoms with Crippen molar-refractivity contribution < 1.29 is 52.1 Å². The molecule has 0 amide bonds. The van der Waals surface area contributed by atoms with Gasteiger partial charge in [0.2, 0.25) is 0 Å². The Morgan fingerprint density at radius 1 is 1.50 bits per heavy atom. The minimum Gasteiger partial charge on any atom is -0.745 e. The van der Waals surface area contributed by atoms with Gasteiger partial charge in [-0.25, -0.2) is 13.2 Å². The maximum absolute atomic E-state index is 10.1. The largest absolute Gasteiger partial charge is 1.00 e. The minimum absolute atomic E-state index is 0. The molecule has 0 aromatic carbocycles. The Labute approximate surface area is 106 Å². The Kier molecular flexibility index (Phi) is 15.2. The molecule has 0 aliphatic carbocycles. The van der Waals surface area contributed by atoms with Crippen molar-refractivity contribution in [1.82, 2.24) is 0 Å². The Balaban J connectivity index is -0.000000163. The van der Waals surface area contributed by atoms with Crippen molar-refractivity contribution in [3.8, 4) is 0 Å². The Morgan fingerprint density at radius 3 is 1.93 bits per heavy atom. The second-order valence-electron chi connectivity index (χ2n) is 1.62. The predicted octanol–water partition coefficient (Wildman–Crippen LogP) is -2.59. The van der Waals surface area contributed by atoms with Crippen LogP contribution in [0.25, 0.3) is 0 Å². The number of hydrogen-bond donors (Lipinski definition) is 0. The summed E-state index contributed by atoms with van der Waals surface area (Å²) < 4.78 is 32.4. The number of carbonyl (C=O) groups excluding carboxylic acids is 1. The third-order valence-corrected chi connectivity index (χ3v) is 1.07. The topological polar surface area (TPSA) is 83.5 Å². The molecule has 0 aliphatic rings. The van der Waals surface area contributed by atoms with Crippen LogP contribution in [-0.4, -0.2) is 25.5 Å². The summed E-state index contributed by atoms with van der Waals surface area (Å²) in [6.45, 7) is 8.11. The molecule has 0 bridgehead atoms. The van der Waals surface area contributed by atoms with Gasteiger partial charge in [-0.3, -0.25) is 0 Å². The molecular formula is C7H11NaO5S. The van der Waals surface area contributed by atoms with Crippen LogP contribution in [0, 0.1) is 0 Å². The van der Waals surface area contributed by atoms with E-state index in [1.807, 2.05) is 0 Å². The molecule has 14 heavy (non-hydrogen) atoms. The average molecular weight is 230 g/mol. The van der Waals surface area contributed by atoms with Gasteiger partial charge in [0.05, 0.1) is 6.61 Å². The first-order valence-electron chi connectivity index (χ1n) is 3.24. The Morgan fingerprint density at radius 2 is 1.86 bits per heavy atom. The van der Waals surface area contributed by atoms with Crippen LogP contribution in [0.2, 0.25) is 0 Å². The van der Waals surface area contributed by atoms with Crippen LogP contribution in [-0.2, 0) is 19.6 Å². The van der Waals surface area contributed by atoms with Crippen molar-refractivity contribution in [3.05, 3.63) is 24.6 Å². The van der Waals surface area contributed by atoms with Crippen LogP contribution < -0.4 is 29.6 Å². The van der Waals surface area contributed by atoms with E-state index in [1.165, 1.54) is 0 Å². The molecule has 7 heteroatoms. The zero-order chi connectivity index (χ0) is 10.9. The molecule has 0 rings (SSSR count). The van der Waals surface area contributed by atoms with E-state index in [-0.39, 0.29) is 35.5 Å². The number of hydrogen-bond acceptors (Lipinski definition) is 5. The van der Waals surface area contributed by atoms with Gasteiger partial charge < -0.3 is 9.29 Å². The summed E-state index contributed by atoms with van der Waals surface area (Å²) in [5, 5.41) is 0.354. The summed E-state index contributed by atoms with van der Waals surface area (Å²) in [7, 11) is -4.15. The first-order valence-corrected chi connectivity index (χ1v) is 4.72. The van der Waals surface area contributed by atoms with Crippen molar-refractivity contribution in [2.45, 2.75) is 6.92 Å². The van der Waals surface area contributed by atoms with Crippen LogP contribution in [0.1, 0.15) is 6.92 Å². The Bertz CT molecular complexity index is 258. The summed E-state index contributed by atoms with van der Waals surface area (Å²) in [5.74, 6) is -0.359. The predicted molar refractivity (Wildman–Crippen MR) is 46.7 cm³/mol. The molecule has 0 aliphatic heterocycles. The maximum Gasteiger partial charge on any atom is 1.00 e. The molecule has 0 atom stereocenters. The Hall–Kier alpha value is -0.140. The van der Waals surface area contributed by atoms with Gasteiger partial charge in [-0.15, -0.1) is 0 Å². The summed E-state index contributed by atoms with van der Waals surface area (Å²) in [6.07, 6.45) is 1.14. The van der Waals surface area contributed by atoms with E-state index in [0.717, 1.165) is 6.08 Å². The average Bonchev–Trinajstić information content (AvgIpc) is 2.05. The summed E-state index contributed by atoms with van der Waals surface area (Å²) in [5.41, 5.74) is 0. The van der Waals surface area contributed by atoms with Gasteiger partial charge >= 0.3 is 35.5 Å². The fraction of sp³-hybridized carbons (Fsp3) is 0.286. The van der Waals surface area contributed by atoms with E-state index in [0.29, 0.717) is 12.0 Å². The van der Waals surface area contributed by atoms with Gasteiger partial charge in [-0.1, -0.05) is 13.2 Å². The summed E-state index contributed by atoms with van der Waals surface area (Å²) >= 11 is 0. The molecule has 0 heterocycles. The molecule has 76 valence electrons. The molecule has 0 N–H and O–H groups in total. The molecular weight excluding hydrogens is 219 g/mol. The van der Waals surface area contributed by atoms with Crippen LogP contribution in [0.3, 0.4) is 0 Å². The summed E-state index contributed by atoms with van der Waals surface area (Å²) in [4.78, 5) is 10.1. The molecule has 0 aromatic rings. The second kappa shape index (κ2) is 10.9. The van der Waals surface area contributed by atoms with E-state index in [1.54, 1.807) is 6.92 Å². The van der Waals surface area contributed by atoms with Crippen molar-refractivity contribution in [1.29, 1.82) is 0 Å². The molecule has 0 saturated carbocycles. The smallest absolute Gasteiger partial charge is 0.745 e. The zero-order valence-electron chi connectivity index (χ0n) is 8.23. The van der Waals surface area contributed by atoms with Gasteiger partial charge in [-0.2, -0.15) is 0 Å². The fourth-order valence-electron chi connectivity index (χ4n) is 0.201. The van der Waals surface area contributed by atoms with Crippen LogP contribution in [0.4, 0.5) is 0 Å². The van der Waals surface area contributed by atoms with Gasteiger partial charge in [-0.05, 0) is 6.92 Å². The monoisotopic (exact) mass is 230 g/mol. The van der Waals surface area contributed by atoms with Crippen molar-refractivity contribution in [2.75, 3.05) is 6.61 Å². The molecule has 0 unspecified atom stereocenters. The number of esters is 1. The van der Waals surface area contributed by atoms with E-state index >= 15 is 0 Å². The standard InChI is InChI=1S/C5H8O2.C2H4O3S.Na/c1-3-5(6)7-4-2;1-2-6(3,4)5;/h3H,1,4H2,2H3;2H,1H2,(H,3,4,5);/q;;+1/p-1. The fourth-order valence-corrected chi connectivity index (χ4v) is 0.201. The van der Waals surface area contributed by atoms with E-state index in [9.17, 15) is 17.8 Å². The molecule has 0 fully saturated rings. The number of rotatable bonds is 3. The second-order valence-corrected chi connectivity index (χ2v) is 2.93. The third-order valence-electron chi connectivity index (χ3n) is 0.657. The number of carbonyl (C=O) groups is 1. The first-order chi connectivity index (χ1) is 5.87. The third kappa shape index (κ3) is 22.6. The van der Waals surface area contributed by atoms with Crippen LogP contribution in [0.5, 0.6) is 0 Å². The SMILES string of the molecule is C=CC(=O)OCC.C=CS(=O)(=O)[O-].[Na+]. The van der Waals surface area contributed by atoms with Crippen LogP contribution in [0.15, 0.2) is 24.6 Å². The molecule has 0 radical (unpaired) electrons. The van der Waals surface area contributed by atoms with Crippen LogP contribution >= 0.6 is 0 Å². The normalized spacial score (nSPS) is 8.43. The first kappa shape index (κ1) is 19.4. The van der Waals surface area contributed by atoms with Gasteiger partial charge in [0.15, 0.2) is 0 Å². The van der Waals surface area contributed by atoms with Gasteiger partial charge in [0.25, 0.3) is 0 Å². The minimum atomic E-state index is -4.15. The maximum atomic E-state index is 10.1. The summed E-state index contributed by atoms with van der Waals surface area (Å²) in [6, 6.07) is 0. The van der Waals surface area contributed by atoms with E-state index in [2.05, 4.69) is 17.9 Å². The van der Waals surface area contributed by atoms with E-state index in [4.69, 9.17) is 0 Å². The van der Waals surface area contributed by atoms with Gasteiger partial charge in [0.1, 0.15) is 10.1 Å². The van der Waals surface area contributed by atoms with Crippen molar-refractivity contribution >= 4 is 16.1 Å². The van der Waals surface area contributed by atoms with Gasteiger partial charge in [0, 0.05) is 11.5 Å². The molecule has 0 saturated heterocycles. The quantitative estimate of drug-likeness (QED) is 0.230. The van der Waals surface area contributed by atoms with Crippen molar-refractivity contribution in [2.24, 2.45) is 0 Å². The zero-order valence-corrected chi connectivity index (χ0v) is 11.0. The molecule has 0 spiro atoms. The molecule has 0 aromatic heterocycles. The number of ether oxygens (including phenoxy) is 1. The van der Waals surface area contributed by atoms with E-state index < -0.39 is 10.1 Å².